The molecule has 3 heteroatoms. The highest BCUT2D eigenvalue weighted by atomic mass is 32.1. The van der Waals surface area contributed by atoms with Gasteiger partial charge in [-0.2, -0.15) is 0 Å². The zero-order chi connectivity index (χ0) is 11.0. The molecule has 2 unspecified atom stereocenters. The summed E-state index contributed by atoms with van der Waals surface area (Å²) in [7, 11) is 0. The van der Waals surface area contributed by atoms with E-state index >= 15 is 0 Å². The third kappa shape index (κ3) is 1.66. The average Bonchev–Trinajstić information content (AvgIpc) is 2.79. The van der Waals surface area contributed by atoms with Crippen molar-refractivity contribution in [3.05, 3.63) is 52.0 Å². The summed E-state index contributed by atoms with van der Waals surface area (Å²) in [5.41, 5.74) is 12.0. The van der Waals surface area contributed by atoms with Gasteiger partial charge in [0.15, 0.2) is 0 Å². The molecule has 82 valence electrons. The lowest BCUT2D eigenvalue weighted by Gasteiger charge is -2.31. The van der Waals surface area contributed by atoms with E-state index in [-0.39, 0.29) is 6.04 Å². The van der Waals surface area contributed by atoms with Crippen molar-refractivity contribution in [1.29, 1.82) is 0 Å². The first-order valence-electron chi connectivity index (χ1n) is 5.56. The van der Waals surface area contributed by atoms with Crippen LogP contribution in [-0.2, 0) is 6.42 Å². The van der Waals surface area contributed by atoms with E-state index in [1.165, 1.54) is 17.5 Å². The van der Waals surface area contributed by atoms with Crippen LogP contribution in [-0.4, -0.2) is 4.98 Å². The number of hydrogen-bond acceptors (Lipinski definition) is 3. The minimum Gasteiger partial charge on any atom is -0.323 e. The smallest absolute Gasteiger partial charge is 0.0795 e. The summed E-state index contributed by atoms with van der Waals surface area (Å²) in [6.07, 6.45) is 2.19. The van der Waals surface area contributed by atoms with Crippen LogP contribution >= 0.6 is 11.3 Å². The van der Waals surface area contributed by atoms with Gasteiger partial charge < -0.3 is 5.73 Å². The van der Waals surface area contributed by atoms with E-state index in [1.807, 2.05) is 5.51 Å². The molecule has 2 N–H and O–H groups in total. The highest BCUT2D eigenvalue weighted by Gasteiger charge is 2.27. The quantitative estimate of drug-likeness (QED) is 0.880. The van der Waals surface area contributed by atoms with E-state index in [9.17, 15) is 0 Å². The Labute approximate surface area is 99.1 Å². The van der Waals surface area contributed by atoms with Crippen LogP contribution in [0.25, 0.3) is 0 Å². The van der Waals surface area contributed by atoms with E-state index < -0.39 is 0 Å². The van der Waals surface area contributed by atoms with Crippen LogP contribution in [0.15, 0.2) is 35.2 Å². The Bertz CT molecular complexity index is 478. The van der Waals surface area contributed by atoms with Crippen LogP contribution in [0.1, 0.15) is 35.2 Å². The topological polar surface area (TPSA) is 38.9 Å². The van der Waals surface area contributed by atoms with Crippen molar-refractivity contribution >= 4 is 11.3 Å². The van der Waals surface area contributed by atoms with Crippen molar-refractivity contribution in [2.24, 2.45) is 5.73 Å². The van der Waals surface area contributed by atoms with Crippen molar-refractivity contribution in [3.63, 3.8) is 0 Å². The lowest BCUT2D eigenvalue weighted by Crippen LogP contribution is -2.22. The molecule has 0 radical (unpaired) electrons. The summed E-state index contributed by atoms with van der Waals surface area (Å²) in [6, 6.07) is 8.73. The first kappa shape index (κ1) is 10.00. The Morgan fingerprint density at radius 2 is 2.31 bits per heavy atom. The molecule has 1 aromatic carbocycles. The minimum atomic E-state index is 0.0876. The fourth-order valence-corrected chi connectivity index (χ4v) is 3.02. The summed E-state index contributed by atoms with van der Waals surface area (Å²) in [5.74, 6) is 0.632. The standard InChI is InChI=1S/C13H14N2S/c14-12(13-7-16-8-15-13)6-10-5-9-3-1-2-4-11(9)10/h1-4,7-8,10,12H,5-6,14H2. The van der Waals surface area contributed by atoms with E-state index in [1.54, 1.807) is 11.3 Å². The van der Waals surface area contributed by atoms with Crippen molar-refractivity contribution in [3.8, 4) is 0 Å². The van der Waals surface area contributed by atoms with Crippen LogP contribution in [0.4, 0.5) is 0 Å². The second-order valence-electron chi connectivity index (χ2n) is 4.36. The summed E-state index contributed by atoms with van der Waals surface area (Å²) in [5, 5.41) is 2.05. The summed E-state index contributed by atoms with van der Waals surface area (Å²) in [6.45, 7) is 0. The molecule has 0 fully saturated rings. The van der Waals surface area contributed by atoms with Gasteiger partial charge in [0, 0.05) is 11.4 Å². The molecular formula is C13H14N2S. The maximum Gasteiger partial charge on any atom is 0.0795 e. The third-order valence-corrected chi connectivity index (χ3v) is 3.94. The number of nitrogens with two attached hydrogens (primary N) is 1. The van der Waals surface area contributed by atoms with Crippen LogP contribution in [0.2, 0.25) is 0 Å². The molecule has 0 aliphatic heterocycles. The maximum absolute atomic E-state index is 6.15. The van der Waals surface area contributed by atoms with Crippen LogP contribution in [0, 0.1) is 0 Å². The molecule has 3 rings (SSSR count). The Kier molecular flexibility index (Phi) is 2.50. The first-order chi connectivity index (χ1) is 7.84. The molecule has 0 amide bonds. The van der Waals surface area contributed by atoms with Gasteiger partial charge in [-0.15, -0.1) is 11.3 Å². The van der Waals surface area contributed by atoms with E-state index in [0.29, 0.717) is 5.92 Å². The van der Waals surface area contributed by atoms with Crippen molar-refractivity contribution in [2.45, 2.75) is 24.8 Å². The Balaban J connectivity index is 1.70. The molecule has 0 saturated carbocycles. The zero-order valence-corrected chi connectivity index (χ0v) is 9.78. The number of benzene rings is 1. The minimum absolute atomic E-state index is 0.0876. The number of hydrogen-bond donors (Lipinski definition) is 1. The molecule has 1 aliphatic rings. The van der Waals surface area contributed by atoms with Gasteiger partial charge in [-0.3, -0.25) is 0 Å². The molecule has 0 spiro atoms. The van der Waals surface area contributed by atoms with Crippen molar-refractivity contribution in [1.82, 2.24) is 4.98 Å². The van der Waals surface area contributed by atoms with Gasteiger partial charge in [0.05, 0.1) is 11.2 Å². The monoisotopic (exact) mass is 230 g/mol. The van der Waals surface area contributed by atoms with Gasteiger partial charge in [0.1, 0.15) is 0 Å². The molecule has 1 aliphatic carbocycles. The second-order valence-corrected chi connectivity index (χ2v) is 5.07. The molecule has 2 atom stereocenters. The predicted molar refractivity (Wildman–Crippen MR) is 66.5 cm³/mol. The summed E-state index contributed by atoms with van der Waals surface area (Å²) in [4.78, 5) is 4.28. The Hall–Kier alpha value is -1.19. The predicted octanol–water partition coefficient (Wildman–Crippen LogP) is 2.87. The van der Waals surface area contributed by atoms with E-state index in [0.717, 1.165) is 12.1 Å². The van der Waals surface area contributed by atoms with Gasteiger partial charge >= 0.3 is 0 Å². The van der Waals surface area contributed by atoms with Gasteiger partial charge in [-0.1, -0.05) is 24.3 Å². The molecule has 1 aromatic heterocycles. The molecule has 0 bridgehead atoms. The largest absolute Gasteiger partial charge is 0.323 e. The Morgan fingerprint density at radius 1 is 1.44 bits per heavy atom. The summed E-state index contributed by atoms with van der Waals surface area (Å²) < 4.78 is 0. The van der Waals surface area contributed by atoms with Gasteiger partial charge in [-0.05, 0) is 29.9 Å². The van der Waals surface area contributed by atoms with E-state index in [4.69, 9.17) is 5.73 Å². The van der Waals surface area contributed by atoms with E-state index in [2.05, 4.69) is 34.6 Å². The maximum atomic E-state index is 6.15. The SMILES string of the molecule is NC(CC1Cc2ccccc21)c1cscn1. The number of nitrogens with zero attached hydrogens (tertiary/aromatic N) is 1. The highest BCUT2D eigenvalue weighted by molar-refractivity contribution is 7.07. The molecular weight excluding hydrogens is 216 g/mol. The molecule has 2 aromatic rings. The average molecular weight is 230 g/mol. The number of aromatic nitrogens is 1. The van der Waals surface area contributed by atoms with Crippen LogP contribution in [0.3, 0.4) is 0 Å². The second kappa shape index (κ2) is 4.00. The number of rotatable bonds is 3. The number of thiazole rings is 1. The molecule has 1 heterocycles. The fraction of sp³-hybridized carbons (Fsp3) is 0.308. The molecule has 0 saturated heterocycles. The molecule has 2 nitrogen and oxygen atoms in total. The van der Waals surface area contributed by atoms with Crippen LogP contribution < -0.4 is 5.73 Å². The Morgan fingerprint density at radius 3 is 3.06 bits per heavy atom. The highest BCUT2D eigenvalue weighted by Crippen LogP contribution is 2.39. The van der Waals surface area contributed by atoms with Crippen molar-refractivity contribution in [2.75, 3.05) is 0 Å². The molecule has 16 heavy (non-hydrogen) atoms. The normalized spacial score (nSPS) is 19.9. The van der Waals surface area contributed by atoms with Gasteiger partial charge in [-0.25, -0.2) is 4.98 Å². The van der Waals surface area contributed by atoms with Gasteiger partial charge in [0.2, 0.25) is 0 Å². The van der Waals surface area contributed by atoms with Gasteiger partial charge in [0.25, 0.3) is 0 Å². The summed E-state index contributed by atoms with van der Waals surface area (Å²) >= 11 is 1.62. The first-order valence-corrected chi connectivity index (χ1v) is 6.50. The fourth-order valence-electron chi connectivity index (χ4n) is 2.41. The third-order valence-electron chi connectivity index (χ3n) is 3.33. The lowest BCUT2D eigenvalue weighted by atomic mass is 9.74. The number of fused-ring (bicyclic) bond motifs is 1. The lowest BCUT2D eigenvalue weighted by molar-refractivity contribution is 0.493. The zero-order valence-electron chi connectivity index (χ0n) is 8.97. The van der Waals surface area contributed by atoms with Crippen molar-refractivity contribution < 1.29 is 0 Å². The van der Waals surface area contributed by atoms with Crippen LogP contribution in [0.5, 0.6) is 0 Å².